The highest BCUT2D eigenvalue weighted by molar-refractivity contribution is 5.89. The summed E-state index contributed by atoms with van der Waals surface area (Å²) in [6, 6.07) is 10.3. The second-order valence-electron chi connectivity index (χ2n) is 5.92. The molecular weight excluding hydrogens is 293 g/mol. The number of carbonyl (C=O) groups is 1. The normalized spacial score (nSPS) is 17.3. The van der Waals surface area contributed by atoms with Crippen molar-refractivity contribution in [3.8, 4) is 0 Å². The molecule has 2 amide bonds. The van der Waals surface area contributed by atoms with Crippen LogP contribution in [0.2, 0.25) is 0 Å². The molecule has 1 aromatic heterocycles. The van der Waals surface area contributed by atoms with E-state index in [1.54, 1.807) is 12.3 Å². The van der Waals surface area contributed by atoms with E-state index < -0.39 is 0 Å². The maximum atomic E-state index is 13.3. The molecule has 0 radical (unpaired) electrons. The molecule has 1 aliphatic heterocycles. The first kappa shape index (κ1) is 15.5. The Kier molecular flexibility index (Phi) is 4.55. The van der Waals surface area contributed by atoms with Crippen molar-refractivity contribution in [2.24, 2.45) is 0 Å². The van der Waals surface area contributed by atoms with Crippen LogP contribution >= 0.6 is 0 Å². The van der Waals surface area contributed by atoms with Crippen LogP contribution in [-0.4, -0.2) is 28.5 Å². The molecular formula is C18H20FN3O. The van der Waals surface area contributed by atoms with E-state index in [4.69, 9.17) is 0 Å². The lowest BCUT2D eigenvalue weighted by atomic mass is 10.0. The molecule has 1 N–H and O–H groups in total. The predicted molar refractivity (Wildman–Crippen MR) is 87.8 cm³/mol. The van der Waals surface area contributed by atoms with Crippen molar-refractivity contribution in [1.29, 1.82) is 0 Å². The number of halogens is 1. The van der Waals surface area contributed by atoms with Crippen molar-refractivity contribution < 1.29 is 9.18 Å². The SMILES string of the molecule is Cc1cccnc1NC(=O)N1CCC[C@@H]1Cc1cccc(F)c1. The maximum absolute atomic E-state index is 13.3. The number of amides is 2. The zero-order valence-corrected chi connectivity index (χ0v) is 13.1. The van der Waals surface area contributed by atoms with E-state index in [9.17, 15) is 9.18 Å². The molecule has 0 unspecified atom stereocenters. The molecule has 0 spiro atoms. The van der Waals surface area contributed by atoms with Gasteiger partial charge in [-0.2, -0.15) is 0 Å². The largest absolute Gasteiger partial charge is 0.323 e. The van der Waals surface area contributed by atoms with Gasteiger partial charge in [0.05, 0.1) is 0 Å². The van der Waals surface area contributed by atoms with Gasteiger partial charge in [0.1, 0.15) is 11.6 Å². The Balaban J connectivity index is 1.69. The highest BCUT2D eigenvalue weighted by atomic mass is 19.1. The topological polar surface area (TPSA) is 45.2 Å². The third-order valence-corrected chi connectivity index (χ3v) is 4.23. The first-order valence-corrected chi connectivity index (χ1v) is 7.87. The highest BCUT2D eigenvalue weighted by Crippen LogP contribution is 2.23. The van der Waals surface area contributed by atoms with Crippen LogP contribution in [0, 0.1) is 12.7 Å². The van der Waals surface area contributed by atoms with Crippen molar-refractivity contribution >= 4 is 11.8 Å². The minimum absolute atomic E-state index is 0.0980. The third kappa shape index (κ3) is 3.67. The van der Waals surface area contributed by atoms with Gasteiger partial charge in [0.2, 0.25) is 0 Å². The Morgan fingerprint density at radius 1 is 1.39 bits per heavy atom. The van der Waals surface area contributed by atoms with Gasteiger partial charge in [0.25, 0.3) is 0 Å². The maximum Gasteiger partial charge on any atom is 0.323 e. The molecule has 4 nitrogen and oxygen atoms in total. The van der Waals surface area contributed by atoms with Gasteiger partial charge in [-0.3, -0.25) is 5.32 Å². The average Bonchev–Trinajstić information content (AvgIpc) is 2.98. The molecule has 5 heteroatoms. The number of benzene rings is 1. The highest BCUT2D eigenvalue weighted by Gasteiger charge is 2.29. The summed E-state index contributed by atoms with van der Waals surface area (Å²) in [5.74, 6) is 0.356. The Hall–Kier alpha value is -2.43. The number of rotatable bonds is 3. The quantitative estimate of drug-likeness (QED) is 0.937. The zero-order chi connectivity index (χ0) is 16.2. The van der Waals surface area contributed by atoms with Crippen LogP contribution < -0.4 is 5.32 Å². The van der Waals surface area contributed by atoms with E-state index in [2.05, 4.69) is 10.3 Å². The summed E-state index contributed by atoms with van der Waals surface area (Å²) < 4.78 is 13.3. The van der Waals surface area contributed by atoms with Crippen molar-refractivity contribution in [1.82, 2.24) is 9.88 Å². The summed E-state index contributed by atoms with van der Waals surface area (Å²) in [7, 11) is 0. The molecule has 2 aromatic rings. The van der Waals surface area contributed by atoms with Crippen LogP contribution in [0.25, 0.3) is 0 Å². The molecule has 1 atom stereocenters. The molecule has 23 heavy (non-hydrogen) atoms. The number of urea groups is 1. The second kappa shape index (κ2) is 6.77. The van der Waals surface area contributed by atoms with Crippen molar-refractivity contribution in [2.45, 2.75) is 32.2 Å². The molecule has 1 fully saturated rings. The predicted octanol–water partition coefficient (Wildman–Crippen LogP) is 3.77. The van der Waals surface area contributed by atoms with Gasteiger partial charge in [0.15, 0.2) is 0 Å². The Morgan fingerprint density at radius 2 is 2.26 bits per heavy atom. The molecule has 1 aromatic carbocycles. The second-order valence-corrected chi connectivity index (χ2v) is 5.92. The lowest BCUT2D eigenvalue weighted by Crippen LogP contribution is -2.40. The van der Waals surface area contributed by atoms with Gasteiger partial charge >= 0.3 is 6.03 Å². The number of pyridine rings is 1. The summed E-state index contributed by atoms with van der Waals surface area (Å²) in [5.41, 5.74) is 1.85. The number of nitrogens with zero attached hydrogens (tertiary/aromatic N) is 2. The Bertz CT molecular complexity index is 704. The molecule has 2 heterocycles. The molecule has 0 aliphatic carbocycles. The minimum Gasteiger partial charge on any atom is -0.321 e. The molecule has 0 saturated carbocycles. The van der Waals surface area contributed by atoms with E-state index >= 15 is 0 Å². The van der Waals surface area contributed by atoms with E-state index in [-0.39, 0.29) is 17.9 Å². The summed E-state index contributed by atoms with van der Waals surface area (Å²) in [5, 5.41) is 2.88. The fourth-order valence-electron chi connectivity index (χ4n) is 3.04. The monoisotopic (exact) mass is 313 g/mol. The van der Waals surface area contributed by atoms with Crippen molar-refractivity contribution in [3.05, 3.63) is 59.5 Å². The minimum atomic E-state index is -0.236. The Morgan fingerprint density at radius 3 is 3.04 bits per heavy atom. The van der Waals surface area contributed by atoms with E-state index in [1.165, 1.54) is 12.1 Å². The summed E-state index contributed by atoms with van der Waals surface area (Å²) in [6.07, 6.45) is 4.24. The smallest absolute Gasteiger partial charge is 0.321 e. The molecule has 1 aliphatic rings. The number of hydrogen-bond acceptors (Lipinski definition) is 2. The number of hydrogen-bond donors (Lipinski definition) is 1. The fourth-order valence-corrected chi connectivity index (χ4v) is 3.04. The number of aromatic nitrogens is 1. The van der Waals surface area contributed by atoms with Gasteiger partial charge in [-0.25, -0.2) is 14.2 Å². The Labute approximate surface area is 135 Å². The van der Waals surface area contributed by atoms with Crippen LogP contribution in [0.1, 0.15) is 24.0 Å². The first-order valence-electron chi connectivity index (χ1n) is 7.87. The van der Waals surface area contributed by atoms with Gasteiger partial charge in [-0.05, 0) is 55.5 Å². The lowest BCUT2D eigenvalue weighted by Gasteiger charge is -2.25. The first-order chi connectivity index (χ1) is 11.1. The number of carbonyl (C=O) groups excluding carboxylic acids is 1. The standard InChI is InChI=1S/C18H20FN3O/c1-13-5-3-9-20-17(13)21-18(23)22-10-4-8-16(22)12-14-6-2-7-15(19)11-14/h2-3,5-7,9,11,16H,4,8,10,12H2,1H3,(H,20,21,23)/t16-/m1/s1. The van der Waals surface area contributed by atoms with E-state index in [1.807, 2.05) is 30.0 Å². The fraction of sp³-hybridized carbons (Fsp3) is 0.333. The van der Waals surface area contributed by atoms with Gasteiger partial charge in [-0.15, -0.1) is 0 Å². The van der Waals surface area contributed by atoms with E-state index in [0.717, 1.165) is 30.5 Å². The number of aryl methyl sites for hydroxylation is 1. The summed E-state index contributed by atoms with van der Waals surface area (Å²) in [4.78, 5) is 18.6. The molecule has 0 bridgehead atoms. The molecule has 3 rings (SSSR count). The van der Waals surface area contributed by atoms with Crippen LogP contribution in [0.5, 0.6) is 0 Å². The van der Waals surface area contributed by atoms with Crippen LogP contribution in [-0.2, 0) is 6.42 Å². The van der Waals surface area contributed by atoms with Crippen molar-refractivity contribution in [2.75, 3.05) is 11.9 Å². The number of likely N-dealkylation sites (tertiary alicyclic amines) is 1. The number of nitrogens with one attached hydrogen (secondary N) is 1. The van der Waals surface area contributed by atoms with Gasteiger partial charge < -0.3 is 4.90 Å². The third-order valence-electron chi connectivity index (χ3n) is 4.23. The summed E-state index contributed by atoms with van der Waals surface area (Å²) in [6.45, 7) is 2.63. The molecule has 120 valence electrons. The number of anilines is 1. The lowest BCUT2D eigenvalue weighted by molar-refractivity contribution is 0.206. The van der Waals surface area contributed by atoms with Gasteiger partial charge in [0, 0.05) is 18.8 Å². The van der Waals surface area contributed by atoms with Gasteiger partial charge in [-0.1, -0.05) is 18.2 Å². The van der Waals surface area contributed by atoms with Crippen molar-refractivity contribution in [3.63, 3.8) is 0 Å². The zero-order valence-electron chi connectivity index (χ0n) is 13.1. The summed E-state index contributed by atoms with van der Waals surface area (Å²) >= 11 is 0. The van der Waals surface area contributed by atoms with E-state index in [0.29, 0.717) is 12.2 Å². The molecule has 1 saturated heterocycles. The average molecular weight is 313 g/mol. The van der Waals surface area contributed by atoms with Crippen LogP contribution in [0.3, 0.4) is 0 Å². The van der Waals surface area contributed by atoms with Crippen LogP contribution in [0.15, 0.2) is 42.6 Å². The van der Waals surface area contributed by atoms with Crippen LogP contribution in [0.4, 0.5) is 15.0 Å².